The normalized spacial score (nSPS) is 12.9. The number of hydrogen-bond acceptors (Lipinski definition) is 5. The summed E-state index contributed by atoms with van der Waals surface area (Å²) in [6, 6.07) is 5.58. The van der Waals surface area contributed by atoms with Gasteiger partial charge in [-0.25, -0.2) is 0 Å². The lowest BCUT2D eigenvalue weighted by atomic mass is 10.1. The highest BCUT2D eigenvalue weighted by atomic mass is 32.1. The first-order chi connectivity index (χ1) is 9.60. The van der Waals surface area contributed by atoms with Gasteiger partial charge in [0.1, 0.15) is 5.01 Å². The van der Waals surface area contributed by atoms with Gasteiger partial charge in [0.25, 0.3) is 0 Å². The molecule has 2 heterocycles. The zero-order valence-electron chi connectivity index (χ0n) is 10.8. The number of fused-ring (bicyclic) bond motifs is 1. The third-order valence-corrected chi connectivity index (χ3v) is 3.69. The third kappa shape index (κ3) is 2.67. The highest BCUT2D eigenvalue weighted by Crippen LogP contribution is 2.24. The van der Waals surface area contributed by atoms with Gasteiger partial charge in [0.05, 0.1) is 12.8 Å². The highest BCUT2D eigenvalue weighted by Gasteiger charge is 2.18. The molecule has 0 unspecified atom stereocenters. The van der Waals surface area contributed by atoms with Crippen molar-refractivity contribution in [1.29, 1.82) is 0 Å². The summed E-state index contributed by atoms with van der Waals surface area (Å²) in [6.07, 6.45) is 0.646. The number of nitrogens with zero attached hydrogens (tertiary/aromatic N) is 2. The molecule has 2 aromatic rings. The quantitative estimate of drug-likeness (QED) is 0.897. The predicted octanol–water partition coefficient (Wildman–Crippen LogP) is 1.52. The maximum atomic E-state index is 11.9. The molecule has 1 aliphatic rings. The second-order valence-electron chi connectivity index (χ2n) is 4.57. The number of rotatable bonds is 3. The molecule has 0 saturated heterocycles. The largest absolute Gasteiger partial charge is 0.326 e. The number of amides is 2. The van der Waals surface area contributed by atoms with Gasteiger partial charge in [0.2, 0.25) is 16.9 Å². The molecule has 3 rings (SSSR count). The molecular weight excluding hydrogens is 276 g/mol. The number of benzene rings is 1. The van der Waals surface area contributed by atoms with Crippen LogP contribution in [0.5, 0.6) is 0 Å². The number of carbonyl (C=O) groups is 2. The topological polar surface area (TPSA) is 84.0 Å². The number of aromatic nitrogens is 2. The van der Waals surface area contributed by atoms with Crippen molar-refractivity contribution in [2.24, 2.45) is 0 Å². The molecule has 2 N–H and O–H groups in total. The van der Waals surface area contributed by atoms with Crippen molar-refractivity contribution in [1.82, 2.24) is 10.2 Å². The van der Waals surface area contributed by atoms with E-state index in [9.17, 15) is 9.59 Å². The molecule has 20 heavy (non-hydrogen) atoms. The van der Waals surface area contributed by atoms with E-state index < -0.39 is 0 Å². The van der Waals surface area contributed by atoms with E-state index in [1.807, 2.05) is 25.1 Å². The van der Waals surface area contributed by atoms with Crippen molar-refractivity contribution in [3.8, 4) is 0 Å². The van der Waals surface area contributed by atoms with Crippen molar-refractivity contribution in [3.63, 3.8) is 0 Å². The lowest BCUT2D eigenvalue weighted by Crippen LogP contribution is -2.14. The van der Waals surface area contributed by atoms with Crippen LogP contribution in [0.1, 0.15) is 16.1 Å². The van der Waals surface area contributed by atoms with Gasteiger partial charge in [-0.15, -0.1) is 10.2 Å². The summed E-state index contributed by atoms with van der Waals surface area (Å²) in [4.78, 5) is 23.2. The van der Waals surface area contributed by atoms with Crippen molar-refractivity contribution in [2.45, 2.75) is 19.8 Å². The van der Waals surface area contributed by atoms with Crippen LogP contribution >= 0.6 is 11.3 Å². The Morgan fingerprint density at radius 2 is 2.30 bits per heavy atom. The van der Waals surface area contributed by atoms with E-state index in [2.05, 4.69) is 20.8 Å². The molecule has 0 fully saturated rings. The zero-order valence-corrected chi connectivity index (χ0v) is 11.6. The minimum atomic E-state index is -0.148. The Morgan fingerprint density at radius 3 is 3.05 bits per heavy atom. The zero-order chi connectivity index (χ0) is 14.1. The van der Waals surface area contributed by atoms with E-state index >= 15 is 0 Å². The Hall–Kier alpha value is -2.28. The monoisotopic (exact) mass is 288 g/mol. The van der Waals surface area contributed by atoms with Crippen LogP contribution in [0, 0.1) is 6.92 Å². The van der Waals surface area contributed by atoms with E-state index in [1.165, 1.54) is 11.3 Å². The van der Waals surface area contributed by atoms with Gasteiger partial charge in [-0.1, -0.05) is 23.5 Å². The molecule has 0 aliphatic carbocycles. The maximum absolute atomic E-state index is 11.9. The van der Waals surface area contributed by atoms with Crippen LogP contribution in [-0.2, 0) is 22.4 Å². The Bertz CT molecular complexity index is 695. The lowest BCUT2D eigenvalue weighted by molar-refractivity contribution is -0.116. The van der Waals surface area contributed by atoms with Gasteiger partial charge in [0.15, 0.2) is 0 Å². The summed E-state index contributed by atoms with van der Waals surface area (Å²) in [5.41, 5.74) is 2.62. The van der Waals surface area contributed by atoms with E-state index in [0.29, 0.717) is 11.6 Å². The lowest BCUT2D eigenvalue weighted by Gasteiger charge is -2.04. The van der Waals surface area contributed by atoms with Crippen molar-refractivity contribution < 1.29 is 9.59 Å². The van der Waals surface area contributed by atoms with Crippen LogP contribution in [0.15, 0.2) is 18.2 Å². The van der Waals surface area contributed by atoms with E-state index in [4.69, 9.17) is 0 Å². The number of aryl methyl sites for hydroxylation is 1. The first-order valence-corrected chi connectivity index (χ1v) is 6.93. The van der Waals surface area contributed by atoms with Gasteiger partial charge in [0, 0.05) is 5.69 Å². The molecule has 1 aliphatic heterocycles. The van der Waals surface area contributed by atoms with Crippen LogP contribution in [0.25, 0.3) is 0 Å². The molecule has 0 spiro atoms. The molecule has 0 radical (unpaired) electrons. The summed E-state index contributed by atoms with van der Waals surface area (Å²) in [6.45, 7) is 1.83. The summed E-state index contributed by atoms with van der Waals surface area (Å²) < 4.78 is 0. The summed E-state index contributed by atoms with van der Waals surface area (Å²) in [7, 11) is 0. The second-order valence-corrected chi connectivity index (χ2v) is 5.75. The fraction of sp³-hybridized carbons (Fsp3) is 0.231. The van der Waals surface area contributed by atoms with Crippen LogP contribution in [-0.4, -0.2) is 22.0 Å². The minimum Gasteiger partial charge on any atom is -0.326 e. The number of nitrogens with one attached hydrogen (secondary N) is 2. The highest BCUT2D eigenvalue weighted by molar-refractivity contribution is 7.15. The Morgan fingerprint density at radius 1 is 1.45 bits per heavy atom. The third-order valence-electron chi connectivity index (χ3n) is 2.94. The van der Waals surface area contributed by atoms with Crippen LogP contribution in [0.2, 0.25) is 0 Å². The average molecular weight is 288 g/mol. The Balaban J connectivity index is 1.67. The molecule has 6 nitrogen and oxygen atoms in total. The van der Waals surface area contributed by atoms with E-state index in [-0.39, 0.29) is 18.2 Å². The van der Waals surface area contributed by atoms with Gasteiger partial charge in [-0.2, -0.15) is 0 Å². The standard InChI is InChI=1S/C13H12N4O2S/c1-7-16-17-13(20-7)15-11(18)5-8-2-3-9-6-12(19)14-10(9)4-8/h2-4H,5-6H2,1H3,(H,14,19)(H,15,17,18). The fourth-order valence-electron chi connectivity index (χ4n) is 2.07. The molecule has 102 valence electrons. The van der Waals surface area contributed by atoms with E-state index in [0.717, 1.165) is 21.8 Å². The minimum absolute atomic E-state index is 0.00839. The van der Waals surface area contributed by atoms with Crippen molar-refractivity contribution in [2.75, 3.05) is 10.6 Å². The summed E-state index contributed by atoms with van der Waals surface area (Å²) in [5.74, 6) is -0.156. The van der Waals surface area contributed by atoms with Crippen molar-refractivity contribution >= 4 is 34.0 Å². The fourth-order valence-corrected chi connectivity index (χ4v) is 2.68. The van der Waals surface area contributed by atoms with Crippen LogP contribution in [0.4, 0.5) is 10.8 Å². The van der Waals surface area contributed by atoms with Crippen molar-refractivity contribution in [3.05, 3.63) is 34.3 Å². The second kappa shape index (κ2) is 5.01. The average Bonchev–Trinajstić information content (AvgIpc) is 2.93. The molecule has 1 aromatic carbocycles. The van der Waals surface area contributed by atoms with Gasteiger partial charge >= 0.3 is 0 Å². The van der Waals surface area contributed by atoms with E-state index in [1.54, 1.807) is 0 Å². The van der Waals surface area contributed by atoms with Crippen LogP contribution in [0.3, 0.4) is 0 Å². The van der Waals surface area contributed by atoms with Gasteiger partial charge < -0.3 is 10.6 Å². The Labute approximate surface area is 119 Å². The molecule has 2 amide bonds. The first kappa shape index (κ1) is 12.7. The SMILES string of the molecule is Cc1nnc(NC(=O)Cc2ccc3c(c2)NC(=O)C3)s1. The first-order valence-electron chi connectivity index (χ1n) is 6.12. The van der Waals surface area contributed by atoms with Crippen LogP contribution < -0.4 is 10.6 Å². The summed E-state index contributed by atoms with van der Waals surface area (Å²) in [5, 5.41) is 14.5. The number of carbonyl (C=O) groups excluding carboxylic acids is 2. The molecule has 7 heteroatoms. The summed E-state index contributed by atoms with van der Waals surface area (Å²) >= 11 is 1.34. The smallest absolute Gasteiger partial charge is 0.230 e. The molecule has 1 aromatic heterocycles. The molecule has 0 atom stereocenters. The molecular formula is C13H12N4O2S. The van der Waals surface area contributed by atoms with Gasteiger partial charge in [-0.05, 0) is 24.1 Å². The number of hydrogen-bond donors (Lipinski definition) is 2. The predicted molar refractivity (Wildman–Crippen MR) is 75.8 cm³/mol. The molecule has 0 saturated carbocycles. The maximum Gasteiger partial charge on any atom is 0.230 e. The molecule has 0 bridgehead atoms. The Kier molecular flexibility index (Phi) is 3.19. The van der Waals surface area contributed by atoms with Gasteiger partial charge in [-0.3, -0.25) is 9.59 Å². The number of anilines is 2.